The Morgan fingerprint density at radius 1 is 1.29 bits per heavy atom. The molecule has 2 N–H and O–H groups in total. The van der Waals surface area contributed by atoms with Gasteiger partial charge >= 0.3 is 6.18 Å². The van der Waals surface area contributed by atoms with Gasteiger partial charge < -0.3 is 14.8 Å². The van der Waals surface area contributed by atoms with Gasteiger partial charge in [-0.3, -0.25) is 0 Å². The zero-order chi connectivity index (χ0) is 15.4. The summed E-state index contributed by atoms with van der Waals surface area (Å²) >= 11 is 0. The number of hydrogen-bond donors (Lipinski definition) is 1. The smallest absolute Gasteiger partial charge is 0.394 e. The second kappa shape index (κ2) is 4.28. The van der Waals surface area contributed by atoms with Gasteiger partial charge in [0.05, 0.1) is 17.3 Å². The average Bonchev–Trinajstić information content (AvgIpc) is 2.92. The molecule has 21 heavy (non-hydrogen) atoms. The van der Waals surface area contributed by atoms with E-state index in [1.807, 2.05) is 0 Å². The van der Waals surface area contributed by atoms with E-state index in [1.165, 1.54) is 12.3 Å². The fraction of sp³-hybridized carbons (Fsp3) is 0.214. The van der Waals surface area contributed by atoms with Crippen LogP contribution in [0, 0.1) is 6.92 Å². The third-order valence-corrected chi connectivity index (χ3v) is 3.64. The van der Waals surface area contributed by atoms with E-state index >= 15 is 0 Å². The molecular formula is C14H12F3N3O. The van der Waals surface area contributed by atoms with Crippen molar-refractivity contribution in [2.24, 2.45) is 7.05 Å². The van der Waals surface area contributed by atoms with Crippen LogP contribution in [0.4, 0.5) is 18.9 Å². The van der Waals surface area contributed by atoms with Crippen LogP contribution in [0.25, 0.3) is 22.2 Å². The molecule has 0 fully saturated rings. The second-order valence-corrected chi connectivity index (χ2v) is 4.86. The van der Waals surface area contributed by atoms with Gasteiger partial charge in [-0.25, -0.2) is 0 Å². The highest BCUT2D eigenvalue weighted by molar-refractivity contribution is 5.99. The molecule has 0 atom stereocenters. The van der Waals surface area contributed by atoms with Crippen LogP contribution >= 0.6 is 0 Å². The lowest BCUT2D eigenvalue weighted by Crippen LogP contribution is -2.04. The van der Waals surface area contributed by atoms with Gasteiger partial charge in [0.15, 0.2) is 5.76 Å². The quantitative estimate of drug-likeness (QED) is 0.744. The molecule has 1 aromatic carbocycles. The van der Waals surface area contributed by atoms with Gasteiger partial charge in [0.25, 0.3) is 0 Å². The van der Waals surface area contributed by atoms with Crippen molar-refractivity contribution < 1.29 is 17.7 Å². The van der Waals surface area contributed by atoms with Crippen molar-refractivity contribution >= 4 is 16.6 Å². The summed E-state index contributed by atoms with van der Waals surface area (Å²) in [5.41, 5.74) is 7.33. The first-order valence-corrected chi connectivity index (χ1v) is 6.17. The van der Waals surface area contributed by atoms with Crippen molar-refractivity contribution in [3.05, 3.63) is 35.7 Å². The summed E-state index contributed by atoms with van der Waals surface area (Å²) in [7, 11) is 1.78. The number of nitrogens with two attached hydrogens (primary N) is 1. The van der Waals surface area contributed by atoms with Gasteiger partial charge in [-0.15, -0.1) is 0 Å². The minimum atomic E-state index is -4.40. The van der Waals surface area contributed by atoms with Gasteiger partial charge in [-0.1, -0.05) is 5.16 Å². The maximum absolute atomic E-state index is 12.9. The first-order valence-electron chi connectivity index (χ1n) is 6.17. The van der Waals surface area contributed by atoms with E-state index in [1.54, 1.807) is 18.5 Å². The SMILES string of the molecule is Cc1c(-c2oncc2N)c2cc(C(F)(F)F)ccc2n1C. The number of anilines is 1. The molecule has 3 rings (SSSR count). The number of aromatic nitrogens is 2. The fourth-order valence-corrected chi connectivity index (χ4v) is 2.47. The number of fused-ring (bicyclic) bond motifs is 1. The molecule has 0 aliphatic heterocycles. The molecule has 0 saturated heterocycles. The number of aryl methyl sites for hydroxylation is 1. The number of rotatable bonds is 1. The highest BCUT2D eigenvalue weighted by Gasteiger charge is 2.31. The van der Waals surface area contributed by atoms with Gasteiger partial charge in [0.1, 0.15) is 5.69 Å². The van der Waals surface area contributed by atoms with E-state index in [2.05, 4.69) is 5.16 Å². The van der Waals surface area contributed by atoms with Gasteiger partial charge in [0, 0.05) is 23.6 Å². The minimum absolute atomic E-state index is 0.289. The summed E-state index contributed by atoms with van der Waals surface area (Å²) in [6.07, 6.45) is -3.07. The van der Waals surface area contributed by atoms with E-state index in [0.29, 0.717) is 22.2 Å². The lowest BCUT2D eigenvalue weighted by molar-refractivity contribution is -0.137. The lowest BCUT2D eigenvalue weighted by Gasteiger charge is -2.07. The Balaban J connectivity index is 2.38. The molecule has 0 bridgehead atoms. The molecule has 7 heteroatoms. The minimum Gasteiger partial charge on any atom is -0.394 e. The molecule has 2 heterocycles. The molecule has 0 aliphatic rings. The topological polar surface area (TPSA) is 57.0 Å². The molecule has 4 nitrogen and oxygen atoms in total. The van der Waals surface area contributed by atoms with Crippen LogP contribution in [0.1, 0.15) is 11.3 Å². The number of nitrogen functional groups attached to an aromatic ring is 1. The number of halogens is 3. The Morgan fingerprint density at radius 3 is 2.57 bits per heavy atom. The zero-order valence-corrected chi connectivity index (χ0v) is 11.3. The second-order valence-electron chi connectivity index (χ2n) is 4.86. The largest absolute Gasteiger partial charge is 0.416 e. The number of nitrogens with zero attached hydrogens (tertiary/aromatic N) is 2. The highest BCUT2D eigenvalue weighted by Crippen LogP contribution is 2.39. The zero-order valence-electron chi connectivity index (χ0n) is 11.3. The summed E-state index contributed by atoms with van der Waals surface area (Å²) in [6, 6.07) is 3.62. The van der Waals surface area contributed by atoms with Crippen molar-refractivity contribution in [3.8, 4) is 11.3 Å². The molecule has 0 radical (unpaired) electrons. The van der Waals surface area contributed by atoms with Gasteiger partial charge in [-0.2, -0.15) is 13.2 Å². The van der Waals surface area contributed by atoms with Crippen molar-refractivity contribution in [1.82, 2.24) is 9.72 Å². The summed E-state index contributed by atoms with van der Waals surface area (Å²) in [4.78, 5) is 0. The maximum Gasteiger partial charge on any atom is 0.416 e. The Bertz CT molecular complexity index is 830. The molecule has 0 spiro atoms. The Labute approximate surface area is 117 Å². The van der Waals surface area contributed by atoms with E-state index in [-0.39, 0.29) is 5.76 Å². The first-order chi connectivity index (χ1) is 9.80. The summed E-state index contributed by atoms with van der Waals surface area (Å²) < 4.78 is 45.6. The van der Waals surface area contributed by atoms with Crippen LogP contribution in [0.5, 0.6) is 0 Å². The predicted molar refractivity (Wildman–Crippen MR) is 72.6 cm³/mol. The Morgan fingerprint density at radius 2 is 2.00 bits per heavy atom. The number of hydrogen-bond acceptors (Lipinski definition) is 3. The normalized spacial score (nSPS) is 12.2. The average molecular weight is 295 g/mol. The van der Waals surface area contributed by atoms with Crippen LogP contribution in [0.15, 0.2) is 28.9 Å². The monoisotopic (exact) mass is 295 g/mol. The molecule has 3 aromatic rings. The van der Waals surface area contributed by atoms with Gasteiger partial charge in [-0.05, 0) is 25.1 Å². The summed E-state index contributed by atoms with van der Waals surface area (Å²) in [6.45, 7) is 1.80. The van der Waals surface area contributed by atoms with E-state index in [9.17, 15) is 13.2 Å². The fourth-order valence-electron chi connectivity index (χ4n) is 2.47. The molecule has 2 aromatic heterocycles. The third-order valence-electron chi connectivity index (χ3n) is 3.64. The van der Waals surface area contributed by atoms with Crippen molar-refractivity contribution in [2.45, 2.75) is 13.1 Å². The number of alkyl halides is 3. The molecule has 0 unspecified atom stereocenters. The summed E-state index contributed by atoms with van der Waals surface area (Å²) in [5.74, 6) is 0.289. The lowest BCUT2D eigenvalue weighted by atomic mass is 10.1. The summed E-state index contributed by atoms with van der Waals surface area (Å²) in [5, 5.41) is 4.03. The van der Waals surface area contributed by atoms with Crippen LogP contribution in [-0.2, 0) is 13.2 Å². The highest BCUT2D eigenvalue weighted by atomic mass is 19.4. The molecular weight excluding hydrogens is 283 g/mol. The number of benzene rings is 1. The van der Waals surface area contributed by atoms with Crippen molar-refractivity contribution in [3.63, 3.8) is 0 Å². The first kappa shape index (κ1) is 13.5. The van der Waals surface area contributed by atoms with E-state index < -0.39 is 11.7 Å². The molecule has 0 amide bonds. The Hall–Kier alpha value is -2.44. The molecule has 0 aliphatic carbocycles. The van der Waals surface area contributed by atoms with Crippen LogP contribution in [-0.4, -0.2) is 9.72 Å². The Kier molecular flexibility index (Phi) is 2.76. The molecule has 110 valence electrons. The van der Waals surface area contributed by atoms with Crippen molar-refractivity contribution in [1.29, 1.82) is 0 Å². The van der Waals surface area contributed by atoms with Gasteiger partial charge in [0.2, 0.25) is 0 Å². The standard InChI is InChI=1S/C14H12F3N3O/c1-7-12(13-10(18)6-19-21-13)9-5-8(14(15,16)17)3-4-11(9)20(7)2/h3-6H,18H2,1-2H3. The van der Waals surface area contributed by atoms with Crippen LogP contribution < -0.4 is 5.73 Å². The van der Waals surface area contributed by atoms with Crippen LogP contribution in [0.3, 0.4) is 0 Å². The predicted octanol–water partition coefficient (Wildman–Crippen LogP) is 3.74. The van der Waals surface area contributed by atoms with Crippen molar-refractivity contribution in [2.75, 3.05) is 5.73 Å². The maximum atomic E-state index is 12.9. The molecule has 0 saturated carbocycles. The van der Waals surface area contributed by atoms with E-state index in [4.69, 9.17) is 10.3 Å². The van der Waals surface area contributed by atoms with Crippen LogP contribution in [0.2, 0.25) is 0 Å². The van der Waals surface area contributed by atoms with E-state index in [0.717, 1.165) is 17.8 Å². The third kappa shape index (κ3) is 1.96.